The summed E-state index contributed by atoms with van der Waals surface area (Å²) in [5.41, 5.74) is 1.18. The molecule has 10 rings (SSSR count). The molecule has 2 saturated heterocycles. The lowest BCUT2D eigenvalue weighted by atomic mass is 9.40. The number of rotatable bonds is 2. The van der Waals surface area contributed by atoms with E-state index in [1.807, 2.05) is 0 Å². The van der Waals surface area contributed by atoms with Crippen molar-refractivity contribution < 1.29 is 28.4 Å². The van der Waals surface area contributed by atoms with Gasteiger partial charge in [-0.15, -0.1) is 0 Å². The molecule has 8 atom stereocenters. The van der Waals surface area contributed by atoms with Gasteiger partial charge in [0.1, 0.15) is 11.5 Å². The zero-order chi connectivity index (χ0) is 27.7. The van der Waals surface area contributed by atoms with Crippen LogP contribution in [-0.2, 0) is 18.9 Å². The van der Waals surface area contributed by atoms with Crippen LogP contribution < -0.4 is 9.47 Å². The number of benzene rings is 2. The van der Waals surface area contributed by atoms with Gasteiger partial charge in [0.25, 0.3) is 0 Å². The van der Waals surface area contributed by atoms with E-state index in [1.54, 1.807) is 0 Å². The average Bonchev–Trinajstić information content (AvgIpc) is 3.90. The zero-order valence-corrected chi connectivity index (χ0v) is 24.1. The summed E-state index contributed by atoms with van der Waals surface area (Å²) < 4.78 is 38.0. The molecule has 4 bridgehead atoms. The zero-order valence-electron chi connectivity index (χ0n) is 24.1. The van der Waals surface area contributed by atoms with Crippen molar-refractivity contribution in [1.82, 2.24) is 0 Å². The average molecular weight is 559 g/mol. The van der Waals surface area contributed by atoms with Crippen LogP contribution in [0.3, 0.4) is 0 Å². The molecule has 6 aliphatic heterocycles. The number of hydrogen-bond acceptors (Lipinski definition) is 6. The van der Waals surface area contributed by atoms with Crippen molar-refractivity contribution in [2.45, 2.75) is 81.7 Å². The summed E-state index contributed by atoms with van der Waals surface area (Å²) >= 11 is 0. The third-order valence-electron chi connectivity index (χ3n) is 11.5. The third kappa shape index (κ3) is 4.19. The van der Waals surface area contributed by atoms with Crippen LogP contribution in [0.2, 0.25) is 0 Å². The minimum absolute atomic E-state index is 0.120. The van der Waals surface area contributed by atoms with Crippen molar-refractivity contribution in [2.24, 2.45) is 16.2 Å². The molecule has 0 spiro atoms. The Bertz CT molecular complexity index is 1150. The second-order valence-corrected chi connectivity index (χ2v) is 13.5. The van der Waals surface area contributed by atoms with Crippen LogP contribution >= 0.6 is 0 Å². The van der Waals surface area contributed by atoms with Crippen molar-refractivity contribution in [3.8, 4) is 11.5 Å². The SMILES string of the molecule is [CH]C(C)(C12CCC3OC3C1c1ccc(cc1)OCCCOC2)C12CCC3OC3C1c1ccc(cc1)OCCCOC2. The fraction of sp³-hybridized carbons (Fsp3) is 0.629. The van der Waals surface area contributed by atoms with E-state index in [0.717, 1.165) is 50.0 Å². The molecule has 218 valence electrons. The minimum atomic E-state index is -0.651. The molecule has 4 fully saturated rings. The van der Waals surface area contributed by atoms with E-state index in [4.69, 9.17) is 35.3 Å². The molecule has 8 unspecified atom stereocenters. The highest BCUT2D eigenvalue weighted by Crippen LogP contribution is 2.72. The minimum Gasteiger partial charge on any atom is -0.494 e. The Morgan fingerprint density at radius 2 is 1.10 bits per heavy atom. The van der Waals surface area contributed by atoms with Gasteiger partial charge in [-0.25, -0.2) is 0 Å². The summed E-state index contributed by atoms with van der Waals surface area (Å²) in [6, 6.07) is 17.4. The molecule has 0 N–H and O–H groups in total. The largest absolute Gasteiger partial charge is 0.494 e. The maximum absolute atomic E-state index is 8.08. The molecule has 6 heteroatoms. The van der Waals surface area contributed by atoms with Crippen LogP contribution in [0.5, 0.6) is 11.5 Å². The molecule has 6 nitrogen and oxygen atoms in total. The van der Waals surface area contributed by atoms with E-state index in [9.17, 15) is 0 Å². The first kappa shape index (κ1) is 26.5. The Labute approximate surface area is 244 Å². The lowest BCUT2D eigenvalue weighted by Crippen LogP contribution is -2.62. The van der Waals surface area contributed by atoms with Gasteiger partial charge < -0.3 is 28.4 Å². The summed E-state index contributed by atoms with van der Waals surface area (Å²) in [5.74, 6) is 2.05. The first-order chi connectivity index (χ1) is 20.0. The molecule has 2 saturated carbocycles. The van der Waals surface area contributed by atoms with Gasteiger partial charge in [-0.1, -0.05) is 31.2 Å². The molecule has 0 aromatic heterocycles. The molecule has 2 aromatic carbocycles. The van der Waals surface area contributed by atoms with Crippen molar-refractivity contribution >= 4 is 0 Å². The van der Waals surface area contributed by atoms with Crippen molar-refractivity contribution in [3.05, 3.63) is 66.6 Å². The fourth-order valence-corrected chi connectivity index (χ4v) is 9.16. The summed E-state index contributed by atoms with van der Waals surface area (Å²) in [7, 11) is 0. The maximum Gasteiger partial charge on any atom is 0.119 e. The van der Waals surface area contributed by atoms with E-state index in [2.05, 4.69) is 55.5 Å². The fourth-order valence-electron chi connectivity index (χ4n) is 9.16. The van der Waals surface area contributed by atoms with Crippen molar-refractivity contribution in [2.75, 3.05) is 39.6 Å². The van der Waals surface area contributed by atoms with Crippen LogP contribution in [0.4, 0.5) is 0 Å². The van der Waals surface area contributed by atoms with Gasteiger partial charge in [-0.05, 0) is 73.4 Å². The Hall–Kier alpha value is -2.12. The van der Waals surface area contributed by atoms with E-state index in [0.29, 0.717) is 51.8 Å². The lowest BCUT2D eigenvalue weighted by molar-refractivity contribution is -0.160. The number of fused-ring (bicyclic) bond motifs is 16. The number of ether oxygens (including phenoxy) is 6. The van der Waals surface area contributed by atoms with E-state index in [1.165, 1.54) is 11.1 Å². The highest BCUT2D eigenvalue weighted by molar-refractivity contribution is 5.39. The molecule has 2 aliphatic carbocycles. The van der Waals surface area contributed by atoms with Crippen molar-refractivity contribution in [3.63, 3.8) is 0 Å². The molecular weight excluding hydrogens is 516 g/mol. The molecule has 8 aliphatic rings. The lowest BCUT2D eigenvalue weighted by Gasteiger charge is -2.63. The van der Waals surface area contributed by atoms with Crippen LogP contribution in [-0.4, -0.2) is 64.1 Å². The van der Waals surface area contributed by atoms with Crippen molar-refractivity contribution in [1.29, 1.82) is 0 Å². The third-order valence-corrected chi connectivity index (χ3v) is 11.5. The summed E-state index contributed by atoms with van der Waals surface area (Å²) in [6.07, 6.45) is 6.51. The second-order valence-electron chi connectivity index (χ2n) is 13.5. The molecule has 0 amide bonds. The number of epoxide rings is 2. The highest BCUT2D eigenvalue weighted by Gasteiger charge is 2.72. The highest BCUT2D eigenvalue weighted by atomic mass is 16.6. The second kappa shape index (κ2) is 9.97. The Kier molecular flexibility index (Phi) is 6.45. The smallest absolute Gasteiger partial charge is 0.119 e. The predicted molar refractivity (Wildman–Crippen MR) is 153 cm³/mol. The summed E-state index contributed by atoms with van der Waals surface area (Å²) in [6.45, 7) is 14.2. The van der Waals surface area contributed by atoms with Gasteiger partial charge in [0.05, 0.1) is 50.8 Å². The van der Waals surface area contributed by atoms with Crippen LogP contribution in [0, 0.1) is 23.2 Å². The van der Waals surface area contributed by atoms with Crippen LogP contribution in [0.25, 0.3) is 0 Å². The summed E-state index contributed by atoms with van der Waals surface area (Å²) in [4.78, 5) is 0. The Morgan fingerprint density at radius 1 is 0.659 bits per heavy atom. The molecular formula is C35H42O6. The topological polar surface area (TPSA) is 62.0 Å². The maximum atomic E-state index is 8.08. The normalized spacial score (nSPS) is 40.0. The molecule has 6 heterocycles. The number of hydrogen-bond donors (Lipinski definition) is 0. The van der Waals surface area contributed by atoms with E-state index < -0.39 is 5.41 Å². The van der Waals surface area contributed by atoms with Gasteiger partial charge >= 0.3 is 0 Å². The van der Waals surface area contributed by atoms with Gasteiger partial charge in [0, 0.05) is 48.7 Å². The molecule has 2 aromatic rings. The Morgan fingerprint density at radius 3 is 1.54 bits per heavy atom. The monoisotopic (exact) mass is 558 g/mol. The van der Waals surface area contributed by atoms with Gasteiger partial charge in [0.15, 0.2) is 0 Å². The Balaban J connectivity index is 1.30. The predicted octanol–water partition coefficient (Wildman–Crippen LogP) is 5.96. The van der Waals surface area contributed by atoms with Crippen LogP contribution in [0.1, 0.15) is 68.4 Å². The van der Waals surface area contributed by atoms with Crippen LogP contribution in [0.15, 0.2) is 48.5 Å². The molecule has 41 heavy (non-hydrogen) atoms. The van der Waals surface area contributed by atoms with Gasteiger partial charge in [0.2, 0.25) is 0 Å². The first-order valence-electron chi connectivity index (χ1n) is 15.7. The van der Waals surface area contributed by atoms with E-state index in [-0.39, 0.29) is 34.9 Å². The van der Waals surface area contributed by atoms with E-state index >= 15 is 0 Å². The quantitative estimate of drug-likeness (QED) is 0.424. The standard InChI is InChI=1S/C35H42O6/c1-33(2,34-15-13-27-31(40-27)29(34)23-5-9-25(10-6-23)38-19-3-17-36-21-34)35-16-14-28-32(41-28)30(35)24-7-11-26(12-8-24)39-20-4-18-37-22-35/h1,5-12,27-32H,3-4,13-22H2,2H3. The summed E-state index contributed by atoms with van der Waals surface area (Å²) in [5, 5.41) is 0. The molecule has 2 radical (unpaired) electrons. The van der Waals surface area contributed by atoms with Gasteiger partial charge in [-0.3, -0.25) is 0 Å². The first-order valence-corrected chi connectivity index (χ1v) is 15.7. The van der Waals surface area contributed by atoms with Gasteiger partial charge in [-0.2, -0.15) is 0 Å².